The lowest BCUT2D eigenvalue weighted by atomic mass is 9.95. The van der Waals surface area contributed by atoms with E-state index in [0.717, 1.165) is 29.8 Å². The van der Waals surface area contributed by atoms with Crippen molar-refractivity contribution in [3.8, 4) is 0 Å². The fourth-order valence-corrected chi connectivity index (χ4v) is 3.87. The highest BCUT2D eigenvalue weighted by Gasteiger charge is 2.22. The molecule has 1 fully saturated rings. The predicted octanol–water partition coefficient (Wildman–Crippen LogP) is 4.05. The molecule has 140 valence electrons. The van der Waals surface area contributed by atoms with Gasteiger partial charge in [-0.05, 0) is 49.2 Å². The molecule has 6 heteroatoms. The van der Waals surface area contributed by atoms with Crippen LogP contribution in [0.15, 0.2) is 42.6 Å². The number of imidazole rings is 1. The monoisotopic (exact) mass is 366 g/mol. The number of carbonyl (C=O) groups excluding carboxylic acids is 1. The fourth-order valence-electron chi connectivity index (χ4n) is 3.87. The number of hydrogen-bond acceptors (Lipinski definition) is 3. The van der Waals surface area contributed by atoms with Crippen LogP contribution in [0.2, 0.25) is 0 Å². The number of aromatic nitrogens is 3. The van der Waals surface area contributed by atoms with Crippen LogP contribution < -0.4 is 5.32 Å². The molecule has 27 heavy (non-hydrogen) atoms. The molecular formula is C21H23FN4O. The summed E-state index contributed by atoms with van der Waals surface area (Å²) < 4.78 is 15.3. The Hall–Kier alpha value is -2.76. The molecule has 0 unspecified atom stereocenters. The number of fused-ring (bicyclic) bond motifs is 1. The lowest BCUT2D eigenvalue weighted by Crippen LogP contribution is -2.27. The van der Waals surface area contributed by atoms with Gasteiger partial charge in [0.1, 0.15) is 17.2 Å². The molecule has 1 aromatic carbocycles. The van der Waals surface area contributed by atoms with Gasteiger partial charge >= 0.3 is 0 Å². The molecule has 0 spiro atoms. The number of hydrogen-bond donors (Lipinski definition) is 1. The average Bonchev–Trinajstić information content (AvgIpc) is 3.07. The number of halogens is 1. The molecule has 0 bridgehead atoms. The van der Waals surface area contributed by atoms with E-state index in [4.69, 9.17) is 4.98 Å². The first-order chi connectivity index (χ1) is 13.2. The molecule has 1 N–H and O–H groups in total. The third-order valence-electron chi connectivity index (χ3n) is 5.20. The first-order valence-electron chi connectivity index (χ1n) is 9.58. The minimum atomic E-state index is -0.347. The van der Waals surface area contributed by atoms with E-state index in [1.807, 2.05) is 18.3 Å². The predicted molar refractivity (Wildman–Crippen MR) is 102 cm³/mol. The van der Waals surface area contributed by atoms with Crippen LogP contribution in [-0.4, -0.2) is 27.0 Å². The number of pyridine rings is 1. The highest BCUT2D eigenvalue weighted by molar-refractivity contribution is 5.94. The van der Waals surface area contributed by atoms with Crippen molar-refractivity contribution in [2.75, 3.05) is 6.54 Å². The van der Waals surface area contributed by atoms with E-state index in [1.54, 1.807) is 0 Å². The molecule has 0 radical (unpaired) electrons. The Labute approximate surface area is 157 Å². The first kappa shape index (κ1) is 17.6. The Morgan fingerprint density at radius 2 is 1.93 bits per heavy atom. The van der Waals surface area contributed by atoms with Gasteiger partial charge < -0.3 is 9.88 Å². The Balaban J connectivity index is 1.49. The van der Waals surface area contributed by atoms with E-state index >= 15 is 0 Å². The smallest absolute Gasteiger partial charge is 0.251 e. The maximum Gasteiger partial charge on any atom is 0.251 e. The standard InChI is InChI=1S/C21H23FN4O/c22-16-10-8-15(9-11-16)21(27)24-14-12-19-25-18-7-4-13-23-20(18)26(19)17-5-2-1-3-6-17/h4,7-11,13,17H,1-3,5-6,12,14H2,(H,24,27). The summed E-state index contributed by atoms with van der Waals surface area (Å²) in [5, 5.41) is 2.91. The van der Waals surface area contributed by atoms with E-state index in [-0.39, 0.29) is 11.7 Å². The summed E-state index contributed by atoms with van der Waals surface area (Å²) in [6, 6.07) is 9.90. The number of amides is 1. The summed E-state index contributed by atoms with van der Waals surface area (Å²) in [5.74, 6) is 0.420. The van der Waals surface area contributed by atoms with E-state index < -0.39 is 0 Å². The topological polar surface area (TPSA) is 59.8 Å². The van der Waals surface area contributed by atoms with Gasteiger partial charge in [0, 0.05) is 30.8 Å². The Bertz CT molecular complexity index is 929. The second kappa shape index (κ2) is 7.86. The average molecular weight is 366 g/mol. The molecule has 0 aliphatic heterocycles. The van der Waals surface area contributed by atoms with Gasteiger partial charge in [-0.15, -0.1) is 0 Å². The molecule has 2 aromatic heterocycles. The van der Waals surface area contributed by atoms with Crippen LogP contribution in [0.25, 0.3) is 11.2 Å². The number of rotatable bonds is 5. The van der Waals surface area contributed by atoms with Crippen LogP contribution in [0.4, 0.5) is 4.39 Å². The summed E-state index contributed by atoms with van der Waals surface area (Å²) in [6.45, 7) is 0.478. The van der Waals surface area contributed by atoms with Crippen molar-refractivity contribution in [3.05, 3.63) is 59.8 Å². The zero-order valence-electron chi connectivity index (χ0n) is 15.2. The van der Waals surface area contributed by atoms with E-state index in [1.165, 1.54) is 43.5 Å². The van der Waals surface area contributed by atoms with Crippen LogP contribution in [0.1, 0.15) is 54.3 Å². The summed E-state index contributed by atoms with van der Waals surface area (Å²) >= 11 is 0. The Morgan fingerprint density at radius 1 is 1.15 bits per heavy atom. The highest BCUT2D eigenvalue weighted by Crippen LogP contribution is 2.31. The van der Waals surface area contributed by atoms with Gasteiger partial charge in [0.2, 0.25) is 0 Å². The summed E-state index contributed by atoms with van der Waals surface area (Å²) in [5.41, 5.74) is 2.30. The highest BCUT2D eigenvalue weighted by atomic mass is 19.1. The molecule has 0 saturated heterocycles. The Morgan fingerprint density at radius 3 is 2.70 bits per heavy atom. The maximum absolute atomic E-state index is 13.0. The summed E-state index contributed by atoms with van der Waals surface area (Å²) in [6.07, 6.45) is 8.51. The quantitative estimate of drug-likeness (QED) is 0.741. The van der Waals surface area contributed by atoms with E-state index in [9.17, 15) is 9.18 Å². The van der Waals surface area contributed by atoms with Crippen LogP contribution in [0, 0.1) is 5.82 Å². The maximum atomic E-state index is 13.0. The molecule has 4 rings (SSSR count). The van der Waals surface area contributed by atoms with Crippen molar-refractivity contribution >= 4 is 17.1 Å². The van der Waals surface area contributed by atoms with Crippen molar-refractivity contribution in [1.29, 1.82) is 0 Å². The number of nitrogens with zero attached hydrogens (tertiary/aromatic N) is 3. The normalized spacial score (nSPS) is 15.1. The summed E-state index contributed by atoms with van der Waals surface area (Å²) in [4.78, 5) is 21.6. The van der Waals surface area contributed by atoms with Gasteiger partial charge in [0.25, 0.3) is 5.91 Å². The minimum Gasteiger partial charge on any atom is -0.352 e. The van der Waals surface area contributed by atoms with Crippen molar-refractivity contribution in [2.45, 2.75) is 44.6 Å². The number of benzene rings is 1. The summed E-state index contributed by atoms with van der Waals surface area (Å²) in [7, 11) is 0. The van der Waals surface area contributed by atoms with Crippen molar-refractivity contribution < 1.29 is 9.18 Å². The van der Waals surface area contributed by atoms with Crippen LogP contribution in [0.3, 0.4) is 0 Å². The van der Waals surface area contributed by atoms with Gasteiger partial charge in [0.15, 0.2) is 5.65 Å². The lowest BCUT2D eigenvalue weighted by Gasteiger charge is -2.25. The third-order valence-corrected chi connectivity index (χ3v) is 5.20. The third kappa shape index (κ3) is 3.84. The zero-order valence-corrected chi connectivity index (χ0v) is 15.2. The molecule has 2 heterocycles. The van der Waals surface area contributed by atoms with Crippen molar-refractivity contribution in [3.63, 3.8) is 0 Å². The second-order valence-corrected chi connectivity index (χ2v) is 7.05. The molecule has 1 aliphatic carbocycles. The van der Waals surface area contributed by atoms with Crippen molar-refractivity contribution in [2.24, 2.45) is 0 Å². The molecule has 1 aliphatic rings. The SMILES string of the molecule is O=C(NCCc1nc2cccnc2n1C1CCCCC1)c1ccc(F)cc1. The lowest BCUT2D eigenvalue weighted by molar-refractivity contribution is 0.0954. The molecular weight excluding hydrogens is 343 g/mol. The fraction of sp³-hybridized carbons (Fsp3) is 0.381. The van der Waals surface area contributed by atoms with E-state index in [0.29, 0.717) is 24.6 Å². The van der Waals surface area contributed by atoms with Gasteiger partial charge in [-0.25, -0.2) is 14.4 Å². The minimum absolute atomic E-state index is 0.201. The molecule has 5 nitrogen and oxygen atoms in total. The second-order valence-electron chi connectivity index (χ2n) is 7.05. The molecule has 3 aromatic rings. The largest absolute Gasteiger partial charge is 0.352 e. The molecule has 1 saturated carbocycles. The van der Waals surface area contributed by atoms with Crippen LogP contribution in [0.5, 0.6) is 0 Å². The van der Waals surface area contributed by atoms with Gasteiger partial charge in [0.05, 0.1) is 0 Å². The van der Waals surface area contributed by atoms with Crippen LogP contribution >= 0.6 is 0 Å². The van der Waals surface area contributed by atoms with Gasteiger partial charge in [-0.2, -0.15) is 0 Å². The van der Waals surface area contributed by atoms with Gasteiger partial charge in [-0.3, -0.25) is 4.79 Å². The molecule has 0 atom stereocenters. The number of carbonyl (C=O) groups is 1. The number of nitrogens with one attached hydrogen (secondary N) is 1. The van der Waals surface area contributed by atoms with Gasteiger partial charge in [-0.1, -0.05) is 19.3 Å². The zero-order chi connectivity index (χ0) is 18.6. The Kier molecular flexibility index (Phi) is 5.14. The molecule has 1 amide bonds. The first-order valence-corrected chi connectivity index (χ1v) is 9.58. The van der Waals surface area contributed by atoms with E-state index in [2.05, 4.69) is 14.9 Å². The van der Waals surface area contributed by atoms with Crippen molar-refractivity contribution in [1.82, 2.24) is 19.9 Å². The van der Waals surface area contributed by atoms with Crippen LogP contribution in [-0.2, 0) is 6.42 Å².